The first-order valence-corrected chi connectivity index (χ1v) is 7.83. The number of hydrogen-bond acceptors (Lipinski definition) is 7. The fourth-order valence-corrected chi connectivity index (χ4v) is 2.76. The molecule has 0 aliphatic carbocycles. The molecule has 7 nitrogen and oxygen atoms in total. The average Bonchev–Trinajstić information content (AvgIpc) is 3.02. The predicted octanol–water partition coefficient (Wildman–Crippen LogP) is 2.04. The van der Waals surface area contributed by atoms with Gasteiger partial charge in [-0.15, -0.1) is 10.2 Å². The van der Waals surface area contributed by atoms with Crippen molar-refractivity contribution in [2.45, 2.75) is 13.3 Å². The van der Waals surface area contributed by atoms with Gasteiger partial charge in [0.05, 0.1) is 0 Å². The van der Waals surface area contributed by atoms with Crippen LogP contribution in [-0.2, 0) is 0 Å². The maximum absolute atomic E-state index is 10.2. The summed E-state index contributed by atoms with van der Waals surface area (Å²) >= 11 is 0. The zero-order valence-electron chi connectivity index (χ0n) is 13.5. The van der Waals surface area contributed by atoms with Crippen LogP contribution in [0.25, 0.3) is 17.1 Å². The summed E-state index contributed by atoms with van der Waals surface area (Å²) < 4.78 is 0. The molecule has 0 bridgehead atoms. The van der Waals surface area contributed by atoms with E-state index in [9.17, 15) is 5.11 Å². The van der Waals surface area contributed by atoms with Gasteiger partial charge in [-0.05, 0) is 36.6 Å². The van der Waals surface area contributed by atoms with Crippen molar-refractivity contribution in [1.82, 2.24) is 15.2 Å². The van der Waals surface area contributed by atoms with Crippen molar-refractivity contribution in [3.63, 3.8) is 0 Å². The van der Waals surface area contributed by atoms with E-state index in [1.807, 2.05) is 12.1 Å². The highest BCUT2D eigenvalue weighted by Gasteiger charge is 2.20. The van der Waals surface area contributed by atoms with E-state index >= 15 is 0 Å². The molecular weight excluding hydrogens is 304 g/mol. The Morgan fingerprint density at radius 3 is 2.83 bits per heavy atom. The molecule has 2 aromatic rings. The molecule has 1 aliphatic rings. The van der Waals surface area contributed by atoms with Gasteiger partial charge in [0.15, 0.2) is 5.82 Å². The molecule has 7 heteroatoms. The van der Waals surface area contributed by atoms with E-state index in [2.05, 4.69) is 27.0 Å². The summed E-state index contributed by atoms with van der Waals surface area (Å²) in [5.41, 5.74) is 7.57. The van der Waals surface area contributed by atoms with E-state index in [-0.39, 0.29) is 5.75 Å². The number of nitrogens with zero attached hydrogens (tertiary/aromatic N) is 4. The highest BCUT2D eigenvalue weighted by Crippen LogP contribution is 2.28. The molecule has 1 atom stereocenters. The minimum absolute atomic E-state index is 0.0225. The van der Waals surface area contributed by atoms with Crippen LogP contribution in [0.5, 0.6) is 5.75 Å². The van der Waals surface area contributed by atoms with Crippen LogP contribution in [0.15, 0.2) is 30.5 Å². The van der Waals surface area contributed by atoms with Gasteiger partial charge in [-0.3, -0.25) is 0 Å². The summed E-state index contributed by atoms with van der Waals surface area (Å²) in [6.45, 7) is 4.21. The summed E-state index contributed by atoms with van der Waals surface area (Å²) in [5.74, 6) is 1.49. The summed E-state index contributed by atoms with van der Waals surface area (Å²) in [4.78, 5) is 6.44. The Bertz CT molecular complexity index is 771. The van der Waals surface area contributed by atoms with Crippen LogP contribution in [0.2, 0.25) is 0 Å². The van der Waals surface area contributed by atoms with Crippen LogP contribution in [0.1, 0.15) is 18.9 Å². The zero-order valence-corrected chi connectivity index (χ0v) is 13.5. The van der Waals surface area contributed by atoms with E-state index in [0.29, 0.717) is 28.6 Å². The second-order valence-electron chi connectivity index (χ2n) is 6.00. The number of pyridine rings is 1. The van der Waals surface area contributed by atoms with E-state index in [1.54, 1.807) is 6.20 Å². The molecule has 1 aliphatic heterocycles. The van der Waals surface area contributed by atoms with Crippen molar-refractivity contribution in [3.8, 4) is 17.1 Å². The van der Waals surface area contributed by atoms with Gasteiger partial charge in [0.1, 0.15) is 17.1 Å². The molecule has 0 saturated carbocycles. The zero-order chi connectivity index (χ0) is 17.1. The van der Waals surface area contributed by atoms with Crippen LogP contribution >= 0.6 is 0 Å². The van der Waals surface area contributed by atoms with E-state index < -0.39 is 0 Å². The third-order valence-corrected chi connectivity index (χ3v) is 4.10. The Hall–Kier alpha value is -2.96. The number of nitrogens with two attached hydrogens (primary N) is 1. The van der Waals surface area contributed by atoms with Crippen molar-refractivity contribution in [3.05, 3.63) is 36.0 Å². The second-order valence-corrected chi connectivity index (χ2v) is 6.00. The molecule has 0 aromatic carbocycles. The molecule has 0 unspecified atom stereocenters. The Labute approximate surface area is 140 Å². The molecule has 124 valence electrons. The fraction of sp³-hybridized carbons (Fsp3) is 0.294. The van der Waals surface area contributed by atoms with Crippen molar-refractivity contribution in [2.24, 2.45) is 11.7 Å². The van der Waals surface area contributed by atoms with Crippen LogP contribution < -0.4 is 10.6 Å². The Kier molecular flexibility index (Phi) is 4.41. The lowest BCUT2D eigenvalue weighted by Gasteiger charge is -2.16. The number of nitrogens with one attached hydrogen (secondary N) is 1. The third-order valence-electron chi connectivity index (χ3n) is 4.10. The molecule has 3 heterocycles. The standard InChI is InChI=1S/C17H20N6O/c1-11-5-7-23(10-11)16-3-2-14(21-22-16)17-15(24)8-12(9-20-17)13(19)4-6-18/h2-4,6,8-9,11,18,24H,5,7,10,19H2,1H3/b13-4-,18-6?/t11-/m1/s1. The predicted molar refractivity (Wildman–Crippen MR) is 93.9 cm³/mol. The van der Waals surface area contributed by atoms with Crippen LogP contribution in [0.3, 0.4) is 0 Å². The number of allylic oxidation sites excluding steroid dienone is 1. The Morgan fingerprint density at radius 2 is 2.25 bits per heavy atom. The van der Waals surface area contributed by atoms with Crippen molar-refractivity contribution >= 4 is 17.7 Å². The molecule has 0 radical (unpaired) electrons. The van der Waals surface area contributed by atoms with Gasteiger partial charge in [-0.25, -0.2) is 4.98 Å². The minimum atomic E-state index is -0.0225. The smallest absolute Gasteiger partial charge is 0.151 e. The second kappa shape index (κ2) is 6.66. The normalized spacial score (nSPS) is 18.0. The van der Waals surface area contributed by atoms with Crippen molar-refractivity contribution < 1.29 is 5.11 Å². The van der Waals surface area contributed by atoms with Crippen LogP contribution in [0, 0.1) is 11.3 Å². The van der Waals surface area contributed by atoms with Gasteiger partial charge in [-0.2, -0.15) is 0 Å². The lowest BCUT2D eigenvalue weighted by Crippen LogP contribution is -2.20. The summed E-state index contributed by atoms with van der Waals surface area (Å²) in [5, 5.41) is 25.7. The lowest BCUT2D eigenvalue weighted by molar-refractivity contribution is 0.474. The van der Waals surface area contributed by atoms with Gasteiger partial charge in [-0.1, -0.05) is 6.92 Å². The average molecular weight is 324 g/mol. The first-order valence-electron chi connectivity index (χ1n) is 7.83. The SMILES string of the molecule is C[C@@H]1CCN(c2ccc(-c3ncc(/C(N)=C/C=N)cc3O)nn2)C1. The number of aromatic nitrogens is 3. The number of anilines is 1. The molecule has 3 rings (SSSR count). The highest BCUT2D eigenvalue weighted by atomic mass is 16.3. The number of aromatic hydroxyl groups is 1. The molecular formula is C17H20N6O. The Balaban J connectivity index is 1.84. The maximum Gasteiger partial charge on any atom is 0.151 e. The molecule has 0 spiro atoms. The first kappa shape index (κ1) is 15.9. The van der Waals surface area contributed by atoms with Crippen LogP contribution in [0.4, 0.5) is 5.82 Å². The molecule has 4 N–H and O–H groups in total. The van der Waals surface area contributed by atoms with Gasteiger partial charge >= 0.3 is 0 Å². The molecule has 1 saturated heterocycles. The van der Waals surface area contributed by atoms with Gasteiger partial charge < -0.3 is 21.1 Å². The topological polar surface area (TPSA) is 112 Å². The van der Waals surface area contributed by atoms with Gasteiger partial charge in [0, 0.05) is 36.8 Å². The summed E-state index contributed by atoms with van der Waals surface area (Å²) in [6.07, 6.45) is 5.23. The Morgan fingerprint density at radius 1 is 1.42 bits per heavy atom. The third kappa shape index (κ3) is 3.19. The number of rotatable bonds is 4. The number of hydrogen-bond donors (Lipinski definition) is 3. The summed E-state index contributed by atoms with van der Waals surface area (Å²) in [7, 11) is 0. The fourth-order valence-electron chi connectivity index (χ4n) is 2.76. The quantitative estimate of drug-likeness (QED) is 0.742. The maximum atomic E-state index is 10.2. The van der Waals surface area contributed by atoms with Crippen molar-refractivity contribution in [1.29, 1.82) is 5.41 Å². The molecule has 24 heavy (non-hydrogen) atoms. The molecule has 1 fully saturated rings. The highest BCUT2D eigenvalue weighted by molar-refractivity contribution is 5.82. The van der Waals surface area contributed by atoms with Gasteiger partial charge in [0.25, 0.3) is 0 Å². The van der Waals surface area contributed by atoms with E-state index in [4.69, 9.17) is 11.1 Å². The minimum Gasteiger partial charge on any atom is -0.506 e. The van der Waals surface area contributed by atoms with E-state index in [0.717, 1.165) is 31.5 Å². The van der Waals surface area contributed by atoms with Crippen molar-refractivity contribution in [2.75, 3.05) is 18.0 Å². The lowest BCUT2D eigenvalue weighted by atomic mass is 10.1. The van der Waals surface area contributed by atoms with Gasteiger partial charge in [0.2, 0.25) is 0 Å². The first-order chi connectivity index (χ1) is 11.6. The molecule has 2 aromatic heterocycles. The summed E-state index contributed by atoms with van der Waals surface area (Å²) in [6, 6.07) is 5.22. The largest absolute Gasteiger partial charge is 0.506 e. The van der Waals surface area contributed by atoms with Crippen LogP contribution in [-0.4, -0.2) is 39.6 Å². The monoisotopic (exact) mass is 324 g/mol. The van der Waals surface area contributed by atoms with E-state index in [1.165, 1.54) is 12.1 Å². The molecule has 0 amide bonds.